The topological polar surface area (TPSA) is 98.3 Å². The second-order valence-corrected chi connectivity index (χ2v) is 3.78. The molecule has 0 radical (unpaired) electrons. The fraction of sp³-hybridized carbons (Fsp3) is 0.400. The van der Waals surface area contributed by atoms with Gasteiger partial charge in [-0.25, -0.2) is 0 Å². The summed E-state index contributed by atoms with van der Waals surface area (Å²) in [4.78, 5) is 0. The average molecular weight is 195 g/mol. The molecule has 0 amide bonds. The number of aromatic hydroxyl groups is 1. The number of nitrogen functional groups attached to an aromatic ring is 3. The minimum atomic E-state index is 0.122. The van der Waals surface area contributed by atoms with Crippen molar-refractivity contribution in [2.24, 2.45) is 0 Å². The van der Waals surface area contributed by atoms with Crippen LogP contribution in [0.2, 0.25) is 0 Å². The average Bonchev–Trinajstić information content (AvgIpc) is 2.11. The Hall–Kier alpha value is -1.58. The highest BCUT2D eigenvalue weighted by atomic mass is 16.3. The van der Waals surface area contributed by atoms with Crippen LogP contribution in [-0.2, 0) is 0 Å². The molecule has 78 valence electrons. The molecule has 0 saturated heterocycles. The van der Waals surface area contributed by atoms with Crippen molar-refractivity contribution in [3.8, 4) is 5.75 Å². The van der Waals surface area contributed by atoms with Crippen molar-refractivity contribution in [3.05, 3.63) is 11.1 Å². The molecule has 4 heteroatoms. The van der Waals surface area contributed by atoms with Gasteiger partial charge in [0.05, 0.1) is 17.1 Å². The predicted octanol–water partition coefficient (Wildman–Crippen LogP) is 1.57. The fourth-order valence-corrected chi connectivity index (χ4v) is 1.53. The molecule has 0 spiro atoms. The lowest BCUT2D eigenvalue weighted by molar-refractivity contribution is 0.462. The van der Waals surface area contributed by atoms with E-state index in [-0.39, 0.29) is 11.7 Å². The van der Waals surface area contributed by atoms with E-state index >= 15 is 0 Å². The summed E-state index contributed by atoms with van der Waals surface area (Å²) >= 11 is 0. The molecule has 0 aromatic heterocycles. The van der Waals surface area contributed by atoms with Crippen LogP contribution in [0.3, 0.4) is 0 Å². The SMILES string of the molecule is Cc1c(N)c(N)c(N)c(C(C)C)c1O. The number of nitrogens with two attached hydrogens (primary N) is 3. The van der Waals surface area contributed by atoms with E-state index in [4.69, 9.17) is 17.2 Å². The van der Waals surface area contributed by atoms with Gasteiger partial charge in [-0.05, 0) is 12.8 Å². The summed E-state index contributed by atoms with van der Waals surface area (Å²) in [5.74, 6) is 0.279. The number of rotatable bonds is 1. The zero-order valence-corrected chi connectivity index (χ0v) is 8.76. The number of anilines is 3. The van der Waals surface area contributed by atoms with Crippen molar-refractivity contribution in [1.29, 1.82) is 0 Å². The Morgan fingerprint density at radius 3 is 1.93 bits per heavy atom. The Morgan fingerprint density at radius 1 is 1.00 bits per heavy atom. The van der Waals surface area contributed by atoms with Crippen LogP contribution in [0.25, 0.3) is 0 Å². The summed E-state index contributed by atoms with van der Waals surface area (Å²) in [6, 6.07) is 0. The van der Waals surface area contributed by atoms with Gasteiger partial charge in [0, 0.05) is 11.1 Å². The van der Waals surface area contributed by atoms with Crippen molar-refractivity contribution in [3.63, 3.8) is 0 Å². The Balaban J connectivity index is 3.60. The molecule has 1 rings (SSSR count). The molecule has 0 fully saturated rings. The Morgan fingerprint density at radius 2 is 1.50 bits per heavy atom. The van der Waals surface area contributed by atoms with Gasteiger partial charge in [-0.15, -0.1) is 0 Å². The maximum absolute atomic E-state index is 9.84. The van der Waals surface area contributed by atoms with E-state index < -0.39 is 0 Å². The van der Waals surface area contributed by atoms with Crippen LogP contribution in [0.5, 0.6) is 5.75 Å². The second kappa shape index (κ2) is 3.29. The van der Waals surface area contributed by atoms with E-state index in [9.17, 15) is 5.11 Å². The summed E-state index contributed by atoms with van der Waals surface area (Å²) < 4.78 is 0. The highest BCUT2D eigenvalue weighted by Gasteiger charge is 2.18. The first-order valence-corrected chi connectivity index (χ1v) is 4.53. The van der Waals surface area contributed by atoms with Crippen LogP contribution in [0.4, 0.5) is 17.1 Å². The minimum Gasteiger partial charge on any atom is -0.507 e. The van der Waals surface area contributed by atoms with Gasteiger partial charge < -0.3 is 22.3 Å². The Bertz CT molecular complexity index is 343. The minimum absolute atomic E-state index is 0.122. The lowest BCUT2D eigenvalue weighted by Crippen LogP contribution is -2.07. The third kappa shape index (κ3) is 1.32. The molecule has 0 heterocycles. The van der Waals surface area contributed by atoms with Gasteiger partial charge in [0.1, 0.15) is 5.75 Å². The number of benzene rings is 1. The zero-order valence-electron chi connectivity index (χ0n) is 8.76. The zero-order chi connectivity index (χ0) is 11.0. The normalized spacial score (nSPS) is 10.9. The van der Waals surface area contributed by atoms with E-state index in [1.54, 1.807) is 6.92 Å². The summed E-state index contributed by atoms with van der Waals surface area (Å²) in [6.07, 6.45) is 0. The van der Waals surface area contributed by atoms with Gasteiger partial charge in [-0.3, -0.25) is 0 Å². The molecule has 0 saturated carbocycles. The third-order valence-electron chi connectivity index (χ3n) is 2.46. The van der Waals surface area contributed by atoms with Crippen molar-refractivity contribution in [2.45, 2.75) is 26.7 Å². The van der Waals surface area contributed by atoms with Crippen LogP contribution < -0.4 is 17.2 Å². The van der Waals surface area contributed by atoms with Crippen LogP contribution in [0.1, 0.15) is 30.9 Å². The first kappa shape index (κ1) is 10.5. The molecule has 0 atom stereocenters. The molecule has 0 unspecified atom stereocenters. The van der Waals surface area contributed by atoms with Crippen molar-refractivity contribution in [1.82, 2.24) is 0 Å². The van der Waals surface area contributed by atoms with Gasteiger partial charge in [-0.1, -0.05) is 13.8 Å². The van der Waals surface area contributed by atoms with Gasteiger partial charge in [-0.2, -0.15) is 0 Å². The standard InChI is InChI=1S/C10H17N3O/c1-4(2)6-8(12)9(13)7(11)5(3)10(6)14/h4,14H,11-13H2,1-3H3. The number of hydrogen-bond donors (Lipinski definition) is 4. The summed E-state index contributed by atoms with van der Waals surface area (Å²) in [6.45, 7) is 5.62. The quantitative estimate of drug-likeness (QED) is 0.404. The van der Waals surface area contributed by atoms with E-state index in [0.717, 1.165) is 0 Å². The van der Waals surface area contributed by atoms with E-state index in [0.29, 0.717) is 28.2 Å². The predicted molar refractivity (Wildman–Crippen MR) is 60.2 cm³/mol. The Kier molecular flexibility index (Phi) is 2.47. The van der Waals surface area contributed by atoms with Crippen molar-refractivity contribution >= 4 is 17.1 Å². The number of phenols is 1. The summed E-state index contributed by atoms with van der Waals surface area (Å²) in [5.41, 5.74) is 19.6. The van der Waals surface area contributed by atoms with E-state index in [1.807, 2.05) is 13.8 Å². The van der Waals surface area contributed by atoms with Crippen LogP contribution in [0.15, 0.2) is 0 Å². The Labute approximate surface area is 83.7 Å². The van der Waals surface area contributed by atoms with Crippen LogP contribution in [0, 0.1) is 6.92 Å². The molecule has 14 heavy (non-hydrogen) atoms. The summed E-state index contributed by atoms with van der Waals surface area (Å²) in [7, 11) is 0. The third-order valence-corrected chi connectivity index (χ3v) is 2.46. The molecular formula is C10H17N3O. The number of phenolic OH excluding ortho intramolecular Hbond substituents is 1. The molecule has 4 nitrogen and oxygen atoms in total. The molecule has 1 aromatic carbocycles. The molecule has 1 aromatic rings. The molecule has 0 bridgehead atoms. The van der Waals surface area contributed by atoms with Gasteiger partial charge in [0.2, 0.25) is 0 Å². The van der Waals surface area contributed by atoms with Crippen molar-refractivity contribution < 1.29 is 5.11 Å². The molecule has 7 N–H and O–H groups in total. The number of hydrogen-bond acceptors (Lipinski definition) is 4. The van der Waals surface area contributed by atoms with E-state index in [1.165, 1.54) is 0 Å². The molecule has 0 aliphatic carbocycles. The highest BCUT2D eigenvalue weighted by Crippen LogP contribution is 2.41. The maximum atomic E-state index is 9.84. The van der Waals surface area contributed by atoms with Crippen molar-refractivity contribution in [2.75, 3.05) is 17.2 Å². The lowest BCUT2D eigenvalue weighted by atomic mass is 9.95. The largest absolute Gasteiger partial charge is 0.507 e. The first-order valence-electron chi connectivity index (χ1n) is 4.53. The maximum Gasteiger partial charge on any atom is 0.126 e. The smallest absolute Gasteiger partial charge is 0.126 e. The second-order valence-electron chi connectivity index (χ2n) is 3.78. The molecular weight excluding hydrogens is 178 g/mol. The van der Waals surface area contributed by atoms with Gasteiger partial charge >= 0.3 is 0 Å². The van der Waals surface area contributed by atoms with E-state index in [2.05, 4.69) is 0 Å². The van der Waals surface area contributed by atoms with Crippen LogP contribution in [-0.4, -0.2) is 5.11 Å². The molecule has 0 aliphatic rings. The van der Waals surface area contributed by atoms with Gasteiger partial charge in [0.15, 0.2) is 0 Å². The first-order chi connectivity index (χ1) is 6.37. The highest BCUT2D eigenvalue weighted by molar-refractivity contribution is 5.85. The monoisotopic (exact) mass is 195 g/mol. The fourth-order valence-electron chi connectivity index (χ4n) is 1.53. The lowest BCUT2D eigenvalue weighted by Gasteiger charge is -2.18. The summed E-state index contributed by atoms with van der Waals surface area (Å²) in [5, 5.41) is 9.84. The van der Waals surface area contributed by atoms with Gasteiger partial charge in [0.25, 0.3) is 0 Å². The molecule has 0 aliphatic heterocycles. The van der Waals surface area contributed by atoms with Crippen LogP contribution >= 0.6 is 0 Å².